The summed E-state index contributed by atoms with van der Waals surface area (Å²) in [5, 5.41) is 12.8. The van der Waals surface area contributed by atoms with E-state index in [1.807, 2.05) is 0 Å². The molecule has 0 aromatic rings. The Balaban J connectivity index is 2.52. The van der Waals surface area contributed by atoms with E-state index in [0.29, 0.717) is 12.5 Å². The molecule has 1 fully saturated rings. The fourth-order valence-electron chi connectivity index (χ4n) is 2.08. The topological polar surface area (TPSA) is 52.6 Å². The normalized spacial score (nSPS) is 26.7. The molecule has 2 atom stereocenters. The molecule has 0 spiro atoms. The van der Waals surface area contributed by atoms with Gasteiger partial charge in [0.15, 0.2) is 0 Å². The molecular formula is C11H22N2O2. The third kappa shape index (κ3) is 3.47. The molecule has 0 saturated carbocycles. The highest BCUT2D eigenvalue weighted by Crippen LogP contribution is 2.18. The molecule has 0 unspecified atom stereocenters. The van der Waals surface area contributed by atoms with E-state index in [-0.39, 0.29) is 11.8 Å². The fourth-order valence-corrected chi connectivity index (χ4v) is 2.08. The molecule has 15 heavy (non-hydrogen) atoms. The van der Waals surface area contributed by atoms with Gasteiger partial charge in [-0.05, 0) is 26.3 Å². The van der Waals surface area contributed by atoms with Gasteiger partial charge >= 0.3 is 0 Å². The largest absolute Gasteiger partial charge is 0.389 e. The van der Waals surface area contributed by atoms with Crippen LogP contribution in [0.3, 0.4) is 0 Å². The molecular weight excluding hydrogens is 192 g/mol. The third-order valence-electron chi connectivity index (χ3n) is 2.83. The van der Waals surface area contributed by atoms with Gasteiger partial charge in [0, 0.05) is 20.1 Å². The maximum atomic E-state index is 12.0. The number of hydrogen-bond acceptors (Lipinski definition) is 3. The van der Waals surface area contributed by atoms with Crippen molar-refractivity contribution < 1.29 is 9.90 Å². The van der Waals surface area contributed by atoms with Crippen LogP contribution in [0, 0.1) is 11.8 Å². The minimum absolute atomic E-state index is 0.0670. The quantitative estimate of drug-likeness (QED) is 0.699. The van der Waals surface area contributed by atoms with Crippen LogP contribution >= 0.6 is 0 Å². The Labute approximate surface area is 91.6 Å². The number of likely N-dealkylation sites (N-methyl/N-ethyl adjacent to an activating group) is 1. The molecule has 4 heteroatoms. The van der Waals surface area contributed by atoms with Crippen molar-refractivity contribution in [3.63, 3.8) is 0 Å². The Kier molecular flexibility index (Phi) is 3.73. The average molecular weight is 214 g/mol. The van der Waals surface area contributed by atoms with Gasteiger partial charge in [-0.3, -0.25) is 4.79 Å². The van der Waals surface area contributed by atoms with Crippen LogP contribution < -0.4 is 5.32 Å². The zero-order valence-electron chi connectivity index (χ0n) is 10.1. The molecule has 1 rings (SSSR count). The Morgan fingerprint density at radius 2 is 2.13 bits per heavy atom. The molecule has 1 aliphatic heterocycles. The van der Waals surface area contributed by atoms with Crippen molar-refractivity contribution in [1.82, 2.24) is 10.2 Å². The third-order valence-corrected chi connectivity index (χ3v) is 2.83. The fraction of sp³-hybridized carbons (Fsp3) is 0.909. The Morgan fingerprint density at radius 3 is 2.53 bits per heavy atom. The highest BCUT2D eigenvalue weighted by atomic mass is 16.3. The van der Waals surface area contributed by atoms with Crippen LogP contribution in [-0.4, -0.2) is 48.2 Å². The second-order valence-electron chi connectivity index (χ2n) is 5.25. The Bertz CT molecular complexity index is 235. The van der Waals surface area contributed by atoms with E-state index < -0.39 is 5.60 Å². The lowest BCUT2D eigenvalue weighted by Gasteiger charge is -2.28. The van der Waals surface area contributed by atoms with Crippen LogP contribution in [0.25, 0.3) is 0 Å². The van der Waals surface area contributed by atoms with Crippen LogP contribution in [0.2, 0.25) is 0 Å². The van der Waals surface area contributed by atoms with E-state index in [1.165, 1.54) is 0 Å². The first-order valence-electron chi connectivity index (χ1n) is 5.49. The zero-order valence-corrected chi connectivity index (χ0v) is 10.1. The summed E-state index contributed by atoms with van der Waals surface area (Å²) in [5.41, 5.74) is -0.820. The van der Waals surface area contributed by atoms with Crippen molar-refractivity contribution in [1.29, 1.82) is 0 Å². The van der Waals surface area contributed by atoms with Crippen LogP contribution in [0.15, 0.2) is 0 Å². The van der Waals surface area contributed by atoms with Gasteiger partial charge in [-0.15, -0.1) is 0 Å². The first-order chi connectivity index (χ1) is 6.81. The molecule has 1 heterocycles. The molecule has 0 aromatic heterocycles. The summed E-state index contributed by atoms with van der Waals surface area (Å²) in [5.74, 6) is 0.591. The van der Waals surface area contributed by atoms with Gasteiger partial charge in [-0.2, -0.15) is 0 Å². The molecule has 1 amide bonds. The van der Waals surface area contributed by atoms with Gasteiger partial charge < -0.3 is 15.3 Å². The predicted molar refractivity (Wildman–Crippen MR) is 59.5 cm³/mol. The molecule has 2 N–H and O–H groups in total. The summed E-state index contributed by atoms with van der Waals surface area (Å²) < 4.78 is 0. The Morgan fingerprint density at radius 1 is 1.53 bits per heavy atom. The van der Waals surface area contributed by atoms with Crippen molar-refractivity contribution in [3.8, 4) is 0 Å². The van der Waals surface area contributed by atoms with Crippen LogP contribution in [-0.2, 0) is 4.79 Å². The first kappa shape index (κ1) is 12.5. The monoisotopic (exact) mass is 214 g/mol. The van der Waals surface area contributed by atoms with Crippen LogP contribution in [0.5, 0.6) is 0 Å². The van der Waals surface area contributed by atoms with Crippen molar-refractivity contribution in [2.75, 3.05) is 26.7 Å². The second-order valence-corrected chi connectivity index (χ2v) is 5.25. The maximum Gasteiger partial charge on any atom is 0.227 e. The van der Waals surface area contributed by atoms with E-state index in [2.05, 4.69) is 12.2 Å². The number of amides is 1. The summed E-state index contributed by atoms with van der Waals surface area (Å²) in [6.07, 6.45) is 0. The highest BCUT2D eigenvalue weighted by Gasteiger charge is 2.32. The SMILES string of the molecule is C[C@@H]1CNC[C@H]1C(=O)N(C)CC(C)(C)O. The zero-order chi connectivity index (χ0) is 11.6. The molecule has 4 nitrogen and oxygen atoms in total. The van der Waals surface area contributed by atoms with E-state index in [4.69, 9.17) is 0 Å². The Hall–Kier alpha value is -0.610. The van der Waals surface area contributed by atoms with Crippen molar-refractivity contribution >= 4 is 5.91 Å². The molecule has 0 radical (unpaired) electrons. The minimum Gasteiger partial charge on any atom is -0.389 e. The summed E-state index contributed by atoms with van der Waals surface area (Å²) in [6.45, 7) is 7.57. The minimum atomic E-state index is -0.820. The molecule has 1 aliphatic rings. The lowest BCUT2D eigenvalue weighted by atomic mass is 9.96. The van der Waals surface area contributed by atoms with E-state index >= 15 is 0 Å². The standard InChI is InChI=1S/C11H22N2O2/c1-8-5-12-6-9(8)10(14)13(4)7-11(2,3)15/h8-9,12,15H,5-7H2,1-4H3/t8-,9-/m1/s1. The molecule has 0 aromatic carbocycles. The van der Waals surface area contributed by atoms with Gasteiger partial charge in [0.05, 0.1) is 11.5 Å². The summed E-state index contributed by atoms with van der Waals surface area (Å²) in [7, 11) is 1.76. The number of hydrogen-bond donors (Lipinski definition) is 2. The number of carbonyl (C=O) groups excluding carboxylic acids is 1. The van der Waals surface area contributed by atoms with Gasteiger partial charge in [-0.25, -0.2) is 0 Å². The van der Waals surface area contributed by atoms with Crippen molar-refractivity contribution in [2.45, 2.75) is 26.4 Å². The lowest BCUT2D eigenvalue weighted by Crippen LogP contribution is -2.43. The van der Waals surface area contributed by atoms with Gasteiger partial charge in [0.2, 0.25) is 5.91 Å². The summed E-state index contributed by atoms with van der Waals surface area (Å²) in [4.78, 5) is 13.6. The predicted octanol–water partition coefficient (Wildman–Crippen LogP) is 0.0712. The molecule has 88 valence electrons. The number of rotatable bonds is 3. The summed E-state index contributed by atoms with van der Waals surface area (Å²) >= 11 is 0. The maximum absolute atomic E-state index is 12.0. The number of carbonyl (C=O) groups is 1. The van der Waals surface area contributed by atoms with Crippen LogP contribution in [0.1, 0.15) is 20.8 Å². The van der Waals surface area contributed by atoms with Gasteiger partial charge in [0.25, 0.3) is 0 Å². The first-order valence-corrected chi connectivity index (χ1v) is 5.49. The van der Waals surface area contributed by atoms with Gasteiger partial charge in [-0.1, -0.05) is 6.92 Å². The average Bonchev–Trinajstić information content (AvgIpc) is 2.47. The van der Waals surface area contributed by atoms with E-state index in [9.17, 15) is 9.90 Å². The number of nitrogens with one attached hydrogen (secondary N) is 1. The second kappa shape index (κ2) is 4.49. The van der Waals surface area contributed by atoms with E-state index in [1.54, 1.807) is 25.8 Å². The smallest absolute Gasteiger partial charge is 0.227 e. The molecule has 0 bridgehead atoms. The summed E-state index contributed by atoms with van der Waals surface area (Å²) in [6, 6.07) is 0. The number of nitrogens with zero attached hydrogens (tertiary/aromatic N) is 1. The molecule has 1 saturated heterocycles. The molecule has 0 aliphatic carbocycles. The van der Waals surface area contributed by atoms with E-state index in [0.717, 1.165) is 13.1 Å². The number of aliphatic hydroxyl groups is 1. The van der Waals surface area contributed by atoms with Gasteiger partial charge in [0.1, 0.15) is 0 Å². The van der Waals surface area contributed by atoms with Crippen LogP contribution in [0.4, 0.5) is 0 Å². The highest BCUT2D eigenvalue weighted by molar-refractivity contribution is 5.79. The van der Waals surface area contributed by atoms with Crippen molar-refractivity contribution in [3.05, 3.63) is 0 Å². The van der Waals surface area contributed by atoms with Crippen molar-refractivity contribution in [2.24, 2.45) is 11.8 Å². The lowest BCUT2D eigenvalue weighted by molar-refractivity contribution is -0.137.